The first-order chi connectivity index (χ1) is 22.3. The Bertz CT molecular complexity index is 1260. The molecule has 1 saturated heterocycles. The lowest BCUT2D eigenvalue weighted by molar-refractivity contribution is -0.152. The Morgan fingerprint density at radius 3 is 2.19 bits per heavy atom. The van der Waals surface area contributed by atoms with E-state index >= 15 is 0 Å². The summed E-state index contributed by atoms with van der Waals surface area (Å²) in [5.41, 5.74) is -1.83. The molecule has 5 atom stereocenters. The van der Waals surface area contributed by atoms with Crippen molar-refractivity contribution in [2.24, 2.45) is 23.2 Å². The van der Waals surface area contributed by atoms with E-state index in [1.165, 1.54) is 6.08 Å². The van der Waals surface area contributed by atoms with E-state index in [9.17, 15) is 28.8 Å². The number of allylic oxidation sites excluding steroid dienone is 1. The third kappa shape index (κ3) is 9.92. The molecule has 3 N–H and O–H groups in total. The van der Waals surface area contributed by atoms with Gasteiger partial charge in [-0.3, -0.25) is 24.0 Å². The molecule has 2 saturated carbocycles. The Balaban J connectivity index is 1.76. The number of amides is 4. The lowest BCUT2D eigenvalue weighted by atomic mass is 9.83. The van der Waals surface area contributed by atoms with Crippen molar-refractivity contribution in [2.45, 2.75) is 129 Å². The maximum absolute atomic E-state index is 14.3. The first-order valence-corrected chi connectivity index (χ1v) is 17.2. The van der Waals surface area contributed by atoms with Gasteiger partial charge in [-0.1, -0.05) is 45.8 Å². The van der Waals surface area contributed by atoms with Crippen LogP contribution in [0.4, 0.5) is 4.79 Å². The second kappa shape index (κ2) is 15.7. The van der Waals surface area contributed by atoms with Gasteiger partial charge in [-0.25, -0.2) is 4.79 Å². The van der Waals surface area contributed by atoms with Gasteiger partial charge in [0.1, 0.15) is 23.3 Å². The number of fused-ring (bicyclic) bond motifs is 1. The van der Waals surface area contributed by atoms with Crippen LogP contribution in [0.5, 0.6) is 0 Å². The topological polar surface area (TPSA) is 160 Å². The highest BCUT2D eigenvalue weighted by Gasteiger charge is 2.69. The molecule has 0 aromatic heterocycles. The second-order valence-electron chi connectivity index (χ2n) is 15.5. The lowest BCUT2D eigenvalue weighted by Crippen LogP contribution is -2.59. The van der Waals surface area contributed by atoms with E-state index in [-0.39, 0.29) is 48.5 Å². The number of hydrogen-bond donors (Lipinski definition) is 3. The molecule has 0 spiro atoms. The van der Waals surface area contributed by atoms with E-state index in [0.29, 0.717) is 13.0 Å². The molecule has 2 aliphatic carbocycles. The molecule has 1 aliphatic heterocycles. The van der Waals surface area contributed by atoms with Crippen molar-refractivity contribution >= 4 is 35.6 Å². The Morgan fingerprint density at radius 1 is 0.958 bits per heavy atom. The molecule has 0 aromatic carbocycles. The summed E-state index contributed by atoms with van der Waals surface area (Å²) in [7, 11) is 0. The van der Waals surface area contributed by atoms with Gasteiger partial charge in [-0.05, 0) is 89.5 Å². The lowest BCUT2D eigenvalue weighted by Gasteiger charge is -2.37. The average molecular weight is 673 g/mol. The number of Topliss-reactive ketones (excluding diaryl/α,β-unsaturated/α-hetero) is 1. The number of likely N-dealkylation sites (tertiary alicyclic amines) is 1. The van der Waals surface area contributed by atoms with E-state index < -0.39 is 59.0 Å². The van der Waals surface area contributed by atoms with Crippen LogP contribution in [-0.2, 0) is 33.4 Å². The van der Waals surface area contributed by atoms with Gasteiger partial charge in [0.2, 0.25) is 17.6 Å². The van der Waals surface area contributed by atoms with Crippen LogP contribution in [-0.4, -0.2) is 82.9 Å². The minimum Gasteiger partial charge on any atom is -0.455 e. The van der Waals surface area contributed by atoms with E-state index in [4.69, 9.17) is 9.47 Å². The molecule has 12 heteroatoms. The summed E-state index contributed by atoms with van der Waals surface area (Å²) < 4.78 is 10.8. The van der Waals surface area contributed by atoms with Gasteiger partial charge < -0.3 is 30.3 Å². The highest BCUT2D eigenvalue weighted by atomic mass is 16.6. The monoisotopic (exact) mass is 672 g/mol. The number of rotatable bonds is 15. The van der Waals surface area contributed by atoms with Crippen molar-refractivity contribution in [1.29, 1.82) is 0 Å². The zero-order valence-corrected chi connectivity index (χ0v) is 29.8. The molecule has 48 heavy (non-hydrogen) atoms. The number of alkyl carbamates (subject to hydrolysis) is 1. The molecular formula is C36H56N4O8. The molecule has 4 amide bonds. The Morgan fingerprint density at radius 2 is 1.60 bits per heavy atom. The third-order valence-electron chi connectivity index (χ3n) is 9.82. The van der Waals surface area contributed by atoms with Crippen LogP contribution in [0.1, 0.15) is 99.8 Å². The van der Waals surface area contributed by atoms with Crippen LogP contribution < -0.4 is 16.0 Å². The van der Waals surface area contributed by atoms with E-state index in [1.54, 1.807) is 45.6 Å². The second-order valence-corrected chi connectivity index (χ2v) is 15.5. The van der Waals surface area contributed by atoms with Crippen LogP contribution >= 0.6 is 0 Å². The summed E-state index contributed by atoms with van der Waals surface area (Å²) >= 11 is 0. The van der Waals surface area contributed by atoms with Gasteiger partial charge in [-0.15, -0.1) is 6.58 Å². The summed E-state index contributed by atoms with van der Waals surface area (Å²) in [5.74, 6) is -3.41. The number of ketones is 1. The van der Waals surface area contributed by atoms with Gasteiger partial charge in [0.05, 0.1) is 12.5 Å². The molecular weight excluding hydrogens is 616 g/mol. The molecule has 3 rings (SSSR count). The molecule has 0 radical (unpaired) electrons. The van der Waals surface area contributed by atoms with Gasteiger partial charge in [0.15, 0.2) is 0 Å². The number of nitrogens with zero attached hydrogens (tertiary/aromatic N) is 1. The highest BCUT2D eigenvalue weighted by Crippen LogP contribution is 2.65. The number of hydrogen-bond acceptors (Lipinski definition) is 8. The summed E-state index contributed by atoms with van der Waals surface area (Å²) in [5, 5.41) is 8.06. The minimum absolute atomic E-state index is 0.0715. The van der Waals surface area contributed by atoms with E-state index in [1.807, 2.05) is 0 Å². The summed E-state index contributed by atoms with van der Waals surface area (Å²) in [6.07, 6.45) is 7.18. The zero-order valence-electron chi connectivity index (χ0n) is 29.8. The van der Waals surface area contributed by atoms with Gasteiger partial charge in [-0.2, -0.15) is 0 Å². The number of carbonyl (C=O) groups is 6. The normalized spacial score (nSPS) is 23.1. The first-order valence-electron chi connectivity index (χ1n) is 17.2. The quantitative estimate of drug-likeness (QED) is 0.134. The fraction of sp³-hybridized carbons (Fsp3) is 0.722. The van der Waals surface area contributed by atoms with Crippen molar-refractivity contribution in [1.82, 2.24) is 20.9 Å². The largest absolute Gasteiger partial charge is 0.455 e. The van der Waals surface area contributed by atoms with Gasteiger partial charge in [0, 0.05) is 13.1 Å². The SMILES string of the molecule is C=CCCC(NC(=O)[C@@H]1[C@@H]2[C@H](CN1C(=O)[C@@H](NC(=O)OC(C)(C)C)C1CCCCC1)C2(C)C)C(=O)C(=O)NCCC(=O)OC(C)(C)C=C. The average Bonchev–Trinajstić information content (AvgIpc) is 3.32. The third-order valence-corrected chi connectivity index (χ3v) is 9.82. The van der Waals surface area contributed by atoms with Crippen molar-refractivity contribution < 1.29 is 38.2 Å². The molecule has 1 unspecified atom stereocenters. The van der Waals surface area contributed by atoms with Crippen molar-refractivity contribution in [3.63, 3.8) is 0 Å². The summed E-state index contributed by atoms with van der Waals surface area (Å²) in [6.45, 7) is 20.2. The molecule has 1 heterocycles. The van der Waals surface area contributed by atoms with Crippen molar-refractivity contribution in [2.75, 3.05) is 13.1 Å². The van der Waals surface area contributed by atoms with Crippen molar-refractivity contribution in [3.8, 4) is 0 Å². The molecule has 0 aromatic rings. The fourth-order valence-corrected chi connectivity index (χ4v) is 7.00. The number of ether oxygens (including phenoxy) is 2. The number of nitrogens with one attached hydrogen (secondary N) is 3. The van der Waals surface area contributed by atoms with Crippen LogP contribution in [0.2, 0.25) is 0 Å². The smallest absolute Gasteiger partial charge is 0.408 e. The summed E-state index contributed by atoms with van der Waals surface area (Å²) in [6, 6.07) is -2.91. The highest BCUT2D eigenvalue weighted by molar-refractivity contribution is 6.38. The van der Waals surface area contributed by atoms with Crippen LogP contribution in [0.25, 0.3) is 0 Å². The first kappa shape index (κ1) is 38.7. The number of esters is 1. The Kier molecular flexibility index (Phi) is 12.7. The number of piperidine rings is 1. The van der Waals surface area contributed by atoms with E-state index in [0.717, 1.165) is 32.1 Å². The molecule has 12 nitrogen and oxygen atoms in total. The molecule has 0 bridgehead atoms. The van der Waals surface area contributed by atoms with E-state index in [2.05, 4.69) is 43.0 Å². The molecule has 3 aliphatic rings. The predicted molar refractivity (Wildman–Crippen MR) is 180 cm³/mol. The van der Waals surface area contributed by atoms with Gasteiger partial charge in [0.25, 0.3) is 5.91 Å². The Hall–Kier alpha value is -3.70. The standard InChI is InChI=1S/C36H56N4O8/c1-10-12-18-24(29(42)31(44)37-20-19-25(41)47-35(6,7)11-2)38-30(43)28-26-23(36(26,8)9)21-40(28)32(45)27(22-16-14-13-15-17-22)39-33(46)48-34(3,4)5/h10-11,22-24,26-28H,1-2,12-21H2,3-9H3,(H,37,44)(H,38,43)(H,39,46)/t23-,24?,26-,27-,28-/m0/s1. The molecule has 268 valence electrons. The summed E-state index contributed by atoms with van der Waals surface area (Å²) in [4.78, 5) is 81.1. The van der Waals surface area contributed by atoms with Crippen LogP contribution in [0, 0.1) is 23.2 Å². The number of carbonyl (C=O) groups excluding carboxylic acids is 6. The maximum atomic E-state index is 14.3. The molecule has 3 fully saturated rings. The van der Waals surface area contributed by atoms with Crippen molar-refractivity contribution in [3.05, 3.63) is 25.3 Å². The van der Waals surface area contributed by atoms with Crippen LogP contribution in [0.15, 0.2) is 25.3 Å². The maximum Gasteiger partial charge on any atom is 0.408 e. The Labute approximate surface area is 285 Å². The fourth-order valence-electron chi connectivity index (χ4n) is 7.00. The van der Waals surface area contributed by atoms with Gasteiger partial charge >= 0.3 is 12.1 Å². The van der Waals surface area contributed by atoms with Crippen LogP contribution in [0.3, 0.4) is 0 Å². The predicted octanol–water partition coefficient (Wildman–Crippen LogP) is 3.98. The minimum atomic E-state index is -1.17. The zero-order chi connectivity index (χ0) is 36.0.